The summed E-state index contributed by atoms with van der Waals surface area (Å²) in [5.74, 6) is 0.553. The maximum Gasteiger partial charge on any atom is 0.274 e. The fraction of sp³-hybridized carbons (Fsp3) is 0.630. The van der Waals surface area contributed by atoms with Gasteiger partial charge in [-0.1, -0.05) is 0 Å². The Balaban J connectivity index is 1.23. The van der Waals surface area contributed by atoms with Crippen molar-refractivity contribution in [3.8, 4) is 17.1 Å². The highest BCUT2D eigenvalue weighted by molar-refractivity contribution is 5.94. The number of carbonyl (C=O) groups excluding carboxylic acids is 2. The first kappa shape index (κ1) is 24.7. The molecule has 0 radical (unpaired) electrons. The number of nitrogens with one attached hydrogen (secondary N) is 2. The molecule has 2 amide bonds. The van der Waals surface area contributed by atoms with Gasteiger partial charge in [-0.3, -0.25) is 19.6 Å². The summed E-state index contributed by atoms with van der Waals surface area (Å²) in [5.41, 5.74) is 3.01. The Morgan fingerprint density at radius 1 is 1.19 bits per heavy atom. The van der Waals surface area contributed by atoms with Gasteiger partial charge in [0.15, 0.2) is 5.69 Å². The van der Waals surface area contributed by atoms with Crippen LogP contribution in [-0.4, -0.2) is 81.2 Å². The zero-order valence-corrected chi connectivity index (χ0v) is 22.1. The highest BCUT2D eigenvalue weighted by Gasteiger charge is 2.55. The first-order chi connectivity index (χ1) is 17.1. The van der Waals surface area contributed by atoms with Crippen molar-refractivity contribution in [3.05, 3.63) is 29.6 Å². The lowest BCUT2D eigenvalue weighted by Crippen LogP contribution is -2.56. The molecular weight excluding hydrogens is 456 g/mol. The number of methoxy groups -OCH3 is 1. The number of H-pyrrole nitrogens is 1. The Kier molecular flexibility index (Phi) is 6.31. The van der Waals surface area contributed by atoms with Crippen LogP contribution in [0, 0.1) is 12.8 Å². The number of pyridine rings is 1. The van der Waals surface area contributed by atoms with E-state index in [1.54, 1.807) is 19.4 Å². The molecule has 3 aliphatic rings. The molecule has 4 heterocycles. The molecule has 0 bridgehead atoms. The lowest BCUT2D eigenvalue weighted by atomic mass is 9.86. The number of carbonyl (C=O) groups is 2. The smallest absolute Gasteiger partial charge is 0.274 e. The van der Waals surface area contributed by atoms with Crippen molar-refractivity contribution in [2.45, 2.75) is 76.4 Å². The molecular formula is C27H38N6O3. The van der Waals surface area contributed by atoms with E-state index in [9.17, 15) is 9.59 Å². The number of hydrogen-bond acceptors (Lipinski definition) is 6. The quantitative estimate of drug-likeness (QED) is 0.662. The lowest BCUT2D eigenvalue weighted by molar-refractivity contribution is -0.128. The molecule has 0 aromatic carbocycles. The average Bonchev–Trinajstić information content (AvgIpc) is 3.43. The molecule has 2 aliphatic heterocycles. The van der Waals surface area contributed by atoms with Crippen LogP contribution in [0.2, 0.25) is 0 Å². The van der Waals surface area contributed by atoms with Crippen LogP contribution in [0.1, 0.15) is 68.4 Å². The molecule has 2 N–H and O–H groups in total. The van der Waals surface area contributed by atoms with E-state index in [0.717, 1.165) is 55.5 Å². The molecule has 2 aromatic heterocycles. The minimum atomic E-state index is -0.211. The number of aromatic amines is 1. The summed E-state index contributed by atoms with van der Waals surface area (Å²) in [4.78, 5) is 35.2. The van der Waals surface area contributed by atoms with Crippen molar-refractivity contribution < 1.29 is 14.3 Å². The third-order valence-electron chi connectivity index (χ3n) is 8.70. The number of rotatable bonds is 5. The molecule has 2 aromatic rings. The number of ether oxygens (including phenoxy) is 1. The number of hydrogen-bond donors (Lipinski definition) is 2. The van der Waals surface area contributed by atoms with Gasteiger partial charge in [-0.2, -0.15) is 5.10 Å². The first-order valence-electron chi connectivity index (χ1n) is 13.0. The maximum absolute atomic E-state index is 13.5. The Labute approximate surface area is 213 Å². The number of aryl methyl sites for hydroxylation is 1. The third kappa shape index (κ3) is 4.61. The maximum atomic E-state index is 13.5. The molecule has 2 saturated heterocycles. The normalized spacial score (nSPS) is 25.0. The SMILES string of the molecule is COc1cc(-c2cc(C(=O)N3CC[C@H](C(=O)N[C@@H]4CCC(C)(C)N(C)C4)CC34CC4)n[nH]2)c(C)cn1. The second-order valence-corrected chi connectivity index (χ2v) is 11.5. The van der Waals surface area contributed by atoms with Gasteiger partial charge in [0.1, 0.15) is 0 Å². The summed E-state index contributed by atoms with van der Waals surface area (Å²) in [6.45, 7) is 7.94. The zero-order valence-electron chi connectivity index (χ0n) is 22.1. The van der Waals surface area contributed by atoms with E-state index in [1.165, 1.54) is 0 Å². The van der Waals surface area contributed by atoms with E-state index in [-0.39, 0.29) is 34.9 Å². The van der Waals surface area contributed by atoms with E-state index in [2.05, 4.69) is 46.3 Å². The molecule has 9 nitrogen and oxygen atoms in total. The fourth-order valence-electron chi connectivity index (χ4n) is 5.79. The average molecular weight is 495 g/mol. The van der Waals surface area contributed by atoms with Crippen LogP contribution in [0.15, 0.2) is 18.3 Å². The first-order valence-corrected chi connectivity index (χ1v) is 13.0. The van der Waals surface area contributed by atoms with Gasteiger partial charge in [0.2, 0.25) is 11.8 Å². The molecule has 194 valence electrons. The molecule has 1 spiro atoms. The van der Waals surface area contributed by atoms with Gasteiger partial charge in [-0.25, -0.2) is 4.98 Å². The standard InChI is InChI=1S/C27H38N6O3/c1-17-15-28-23(36-5)12-20(17)21-13-22(31-30-21)25(35)33-11-7-18(14-27(33)9-10-27)24(34)29-19-6-8-26(2,3)32(4)16-19/h12-13,15,18-19H,6-11,14,16H2,1-5H3,(H,29,34)(H,30,31)/t18-,19+/m0/s1. The summed E-state index contributed by atoms with van der Waals surface area (Å²) in [7, 11) is 3.71. The molecule has 3 fully saturated rings. The summed E-state index contributed by atoms with van der Waals surface area (Å²) >= 11 is 0. The topological polar surface area (TPSA) is 103 Å². The van der Waals surface area contributed by atoms with Crippen LogP contribution in [-0.2, 0) is 4.79 Å². The van der Waals surface area contributed by atoms with Crippen molar-refractivity contribution >= 4 is 11.8 Å². The van der Waals surface area contributed by atoms with Gasteiger partial charge in [0.25, 0.3) is 5.91 Å². The van der Waals surface area contributed by atoms with Crippen molar-refractivity contribution in [1.29, 1.82) is 0 Å². The summed E-state index contributed by atoms with van der Waals surface area (Å²) in [6.07, 6.45) is 7.14. The molecule has 1 aliphatic carbocycles. The Morgan fingerprint density at radius 3 is 2.67 bits per heavy atom. The molecule has 5 rings (SSSR count). The summed E-state index contributed by atoms with van der Waals surface area (Å²) in [6, 6.07) is 3.84. The monoisotopic (exact) mass is 494 g/mol. The van der Waals surface area contributed by atoms with Gasteiger partial charge in [0.05, 0.1) is 12.8 Å². The van der Waals surface area contributed by atoms with Crippen LogP contribution >= 0.6 is 0 Å². The van der Waals surface area contributed by atoms with E-state index in [1.807, 2.05) is 17.9 Å². The molecule has 9 heteroatoms. The fourth-order valence-corrected chi connectivity index (χ4v) is 5.79. The highest BCUT2D eigenvalue weighted by Crippen LogP contribution is 2.50. The van der Waals surface area contributed by atoms with Gasteiger partial charge < -0.3 is 15.0 Å². The molecule has 2 atom stereocenters. The number of amides is 2. The zero-order chi connectivity index (χ0) is 25.7. The van der Waals surface area contributed by atoms with Crippen LogP contribution < -0.4 is 10.1 Å². The Morgan fingerprint density at radius 2 is 1.97 bits per heavy atom. The minimum Gasteiger partial charge on any atom is -0.481 e. The van der Waals surface area contributed by atoms with E-state index in [4.69, 9.17) is 4.74 Å². The van der Waals surface area contributed by atoms with Crippen molar-refractivity contribution in [2.24, 2.45) is 5.92 Å². The third-order valence-corrected chi connectivity index (χ3v) is 8.70. The largest absolute Gasteiger partial charge is 0.481 e. The number of piperidine rings is 2. The predicted molar refractivity (Wildman–Crippen MR) is 137 cm³/mol. The van der Waals surface area contributed by atoms with Crippen molar-refractivity contribution in [2.75, 3.05) is 27.2 Å². The number of aromatic nitrogens is 3. The van der Waals surface area contributed by atoms with Gasteiger partial charge in [-0.05, 0) is 78.0 Å². The Bertz CT molecular complexity index is 1150. The lowest BCUT2D eigenvalue weighted by Gasteiger charge is -2.44. The van der Waals surface area contributed by atoms with Gasteiger partial charge >= 0.3 is 0 Å². The molecule has 0 unspecified atom stereocenters. The van der Waals surface area contributed by atoms with Crippen LogP contribution in [0.25, 0.3) is 11.3 Å². The summed E-state index contributed by atoms with van der Waals surface area (Å²) in [5, 5.41) is 10.7. The second-order valence-electron chi connectivity index (χ2n) is 11.5. The molecule has 36 heavy (non-hydrogen) atoms. The van der Waals surface area contributed by atoms with Gasteiger partial charge in [0, 0.05) is 54.0 Å². The van der Waals surface area contributed by atoms with Crippen molar-refractivity contribution in [3.63, 3.8) is 0 Å². The molecule has 1 saturated carbocycles. The van der Waals surface area contributed by atoms with E-state index in [0.29, 0.717) is 24.5 Å². The van der Waals surface area contributed by atoms with E-state index < -0.39 is 0 Å². The minimum absolute atomic E-state index is 0.0431. The highest BCUT2D eigenvalue weighted by atomic mass is 16.5. The number of nitrogens with zero attached hydrogens (tertiary/aromatic N) is 4. The van der Waals surface area contributed by atoms with Crippen LogP contribution in [0.3, 0.4) is 0 Å². The predicted octanol–water partition coefficient (Wildman–Crippen LogP) is 3.16. The van der Waals surface area contributed by atoms with Crippen molar-refractivity contribution in [1.82, 2.24) is 30.3 Å². The van der Waals surface area contributed by atoms with Gasteiger partial charge in [-0.15, -0.1) is 0 Å². The van der Waals surface area contributed by atoms with Crippen LogP contribution in [0.4, 0.5) is 0 Å². The number of likely N-dealkylation sites (tertiary alicyclic amines) is 2. The summed E-state index contributed by atoms with van der Waals surface area (Å²) < 4.78 is 5.25. The Hall–Kier alpha value is -2.94. The number of likely N-dealkylation sites (N-methyl/N-ethyl adjacent to an activating group) is 1. The van der Waals surface area contributed by atoms with E-state index >= 15 is 0 Å². The van der Waals surface area contributed by atoms with Crippen LogP contribution in [0.5, 0.6) is 5.88 Å². The second kappa shape index (κ2) is 9.18.